The fraction of sp³-hybridized carbons (Fsp3) is 0.188. The molecule has 1 amide bonds. The van der Waals surface area contributed by atoms with Crippen LogP contribution in [0.4, 0.5) is 5.69 Å². The predicted molar refractivity (Wildman–Crippen MR) is 88.6 cm³/mol. The van der Waals surface area contributed by atoms with Crippen molar-refractivity contribution in [1.29, 1.82) is 0 Å². The average molecular weight is 330 g/mol. The Hall–Kier alpha value is -2.60. The molecular formula is C16H16ClN5O. The molecule has 0 radical (unpaired) electrons. The van der Waals surface area contributed by atoms with Gasteiger partial charge in [0.05, 0.1) is 23.5 Å². The van der Waals surface area contributed by atoms with Crippen LogP contribution in [0.2, 0.25) is 5.02 Å². The average Bonchev–Trinajstić information content (AvgIpc) is 3.14. The normalized spacial score (nSPS) is 10.7. The van der Waals surface area contributed by atoms with Gasteiger partial charge in [-0.3, -0.25) is 14.2 Å². The highest BCUT2D eigenvalue weighted by molar-refractivity contribution is 6.34. The molecule has 0 aliphatic carbocycles. The molecule has 1 N–H and O–H groups in total. The van der Waals surface area contributed by atoms with E-state index in [1.165, 1.54) is 0 Å². The zero-order valence-electron chi connectivity index (χ0n) is 12.6. The van der Waals surface area contributed by atoms with Crippen LogP contribution in [0, 0.1) is 0 Å². The van der Waals surface area contributed by atoms with E-state index in [1.54, 1.807) is 28.0 Å². The molecule has 1 aromatic carbocycles. The van der Waals surface area contributed by atoms with Crippen molar-refractivity contribution in [2.45, 2.75) is 20.0 Å². The number of aryl methyl sites for hydroxylation is 1. The van der Waals surface area contributed by atoms with Crippen LogP contribution in [0.15, 0.2) is 48.9 Å². The zero-order chi connectivity index (χ0) is 16.2. The van der Waals surface area contributed by atoms with Crippen molar-refractivity contribution in [3.63, 3.8) is 0 Å². The number of carbonyl (C=O) groups is 1. The van der Waals surface area contributed by atoms with Crippen LogP contribution < -0.4 is 5.32 Å². The summed E-state index contributed by atoms with van der Waals surface area (Å²) in [6.07, 6.45) is 5.01. The number of hydrogen-bond acceptors (Lipinski definition) is 3. The molecule has 0 aliphatic heterocycles. The maximum absolute atomic E-state index is 12.2. The van der Waals surface area contributed by atoms with Gasteiger partial charge in [-0.05, 0) is 12.5 Å². The monoisotopic (exact) mass is 329 g/mol. The van der Waals surface area contributed by atoms with Gasteiger partial charge in [-0.15, -0.1) is 0 Å². The first-order chi connectivity index (χ1) is 11.2. The Morgan fingerprint density at radius 3 is 2.70 bits per heavy atom. The third kappa shape index (κ3) is 3.60. The van der Waals surface area contributed by atoms with Gasteiger partial charge in [-0.2, -0.15) is 10.2 Å². The Kier molecular flexibility index (Phi) is 4.43. The number of halogens is 1. The molecule has 0 unspecified atom stereocenters. The Morgan fingerprint density at radius 2 is 2.00 bits per heavy atom. The number of nitrogens with one attached hydrogen (secondary N) is 1. The Morgan fingerprint density at radius 1 is 1.22 bits per heavy atom. The fourth-order valence-corrected chi connectivity index (χ4v) is 2.42. The number of aromatic nitrogens is 4. The molecule has 0 fully saturated rings. The maximum Gasteiger partial charge on any atom is 0.277 e. The number of benzene rings is 1. The standard InChI is InChI=1S/C16H16ClN5O/c1-2-21-11-14(17)15(20-21)16(23)19-13-8-18-22(10-13)9-12-6-4-3-5-7-12/h3-8,10-11H,2,9H2,1H3,(H,19,23). The molecule has 23 heavy (non-hydrogen) atoms. The van der Waals surface area contributed by atoms with Crippen LogP contribution in [0.3, 0.4) is 0 Å². The topological polar surface area (TPSA) is 64.7 Å². The lowest BCUT2D eigenvalue weighted by Crippen LogP contribution is -2.13. The first kappa shape index (κ1) is 15.3. The lowest BCUT2D eigenvalue weighted by molar-refractivity contribution is 0.102. The van der Waals surface area contributed by atoms with Crippen LogP contribution in [-0.2, 0) is 13.1 Å². The van der Waals surface area contributed by atoms with Gasteiger partial charge in [0, 0.05) is 18.9 Å². The third-order valence-electron chi connectivity index (χ3n) is 3.33. The van der Waals surface area contributed by atoms with Gasteiger partial charge in [-0.25, -0.2) is 0 Å². The second kappa shape index (κ2) is 6.66. The highest BCUT2D eigenvalue weighted by atomic mass is 35.5. The van der Waals surface area contributed by atoms with E-state index >= 15 is 0 Å². The molecular weight excluding hydrogens is 314 g/mol. The summed E-state index contributed by atoms with van der Waals surface area (Å²) in [6, 6.07) is 9.98. The van der Waals surface area contributed by atoms with Crippen LogP contribution >= 0.6 is 11.6 Å². The minimum atomic E-state index is -0.346. The van der Waals surface area contributed by atoms with Gasteiger partial charge in [-0.1, -0.05) is 41.9 Å². The molecule has 0 bridgehead atoms. The van der Waals surface area contributed by atoms with Crippen LogP contribution in [0.1, 0.15) is 23.0 Å². The van der Waals surface area contributed by atoms with E-state index in [2.05, 4.69) is 15.5 Å². The summed E-state index contributed by atoms with van der Waals surface area (Å²) in [5.41, 5.74) is 1.95. The van der Waals surface area contributed by atoms with Gasteiger partial charge < -0.3 is 5.32 Å². The summed E-state index contributed by atoms with van der Waals surface area (Å²) in [4.78, 5) is 12.2. The minimum absolute atomic E-state index is 0.212. The van der Waals surface area contributed by atoms with Crippen molar-refractivity contribution in [1.82, 2.24) is 19.6 Å². The third-order valence-corrected chi connectivity index (χ3v) is 3.61. The molecule has 2 aromatic heterocycles. The van der Waals surface area contributed by atoms with E-state index in [4.69, 9.17) is 11.6 Å². The first-order valence-electron chi connectivity index (χ1n) is 7.26. The van der Waals surface area contributed by atoms with Crippen LogP contribution in [0.25, 0.3) is 0 Å². The van der Waals surface area contributed by atoms with E-state index in [0.29, 0.717) is 23.8 Å². The smallest absolute Gasteiger partial charge is 0.277 e. The molecule has 0 atom stereocenters. The van der Waals surface area contributed by atoms with Crippen molar-refractivity contribution in [2.24, 2.45) is 0 Å². The number of rotatable bonds is 5. The number of nitrogens with zero attached hydrogens (tertiary/aromatic N) is 4. The van der Waals surface area contributed by atoms with Crippen LogP contribution in [0.5, 0.6) is 0 Å². The van der Waals surface area contributed by atoms with Gasteiger partial charge in [0.25, 0.3) is 5.91 Å². The van der Waals surface area contributed by atoms with E-state index in [9.17, 15) is 4.79 Å². The quantitative estimate of drug-likeness (QED) is 0.782. The van der Waals surface area contributed by atoms with Crippen LogP contribution in [-0.4, -0.2) is 25.5 Å². The first-order valence-corrected chi connectivity index (χ1v) is 7.64. The summed E-state index contributed by atoms with van der Waals surface area (Å²) in [6.45, 7) is 3.22. The Bertz CT molecular complexity index is 809. The summed E-state index contributed by atoms with van der Waals surface area (Å²) >= 11 is 6.03. The van der Waals surface area contributed by atoms with E-state index < -0.39 is 0 Å². The Balaban J connectivity index is 1.68. The molecule has 0 spiro atoms. The van der Waals surface area contributed by atoms with E-state index in [0.717, 1.165) is 5.56 Å². The molecule has 0 aliphatic rings. The van der Waals surface area contributed by atoms with Gasteiger partial charge in [0.1, 0.15) is 0 Å². The van der Waals surface area contributed by atoms with Gasteiger partial charge in [0.15, 0.2) is 5.69 Å². The number of carbonyl (C=O) groups excluding carboxylic acids is 1. The SMILES string of the molecule is CCn1cc(Cl)c(C(=O)Nc2cnn(Cc3ccccc3)c2)n1. The van der Waals surface area contributed by atoms with E-state index in [-0.39, 0.29) is 11.6 Å². The van der Waals surface area contributed by atoms with Gasteiger partial charge >= 0.3 is 0 Å². The van der Waals surface area contributed by atoms with Crippen molar-refractivity contribution in [3.8, 4) is 0 Å². The summed E-state index contributed by atoms with van der Waals surface area (Å²) in [5.74, 6) is -0.346. The fourth-order valence-electron chi connectivity index (χ4n) is 2.19. The second-order valence-electron chi connectivity index (χ2n) is 5.05. The number of anilines is 1. The van der Waals surface area contributed by atoms with E-state index in [1.807, 2.05) is 37.3 Å². The van der Waals surface area contributed by atoms with Crippen molar-refractivity contribution in [2.75, 3.05) is 5.32 Å². The lowest BCUT2D eigenvalue weighted by Gasteiger charge is -2.01. The van der Waals surface area contributed by atoms with Crippen molar-refractivity contribution in [3.05, 3.63) is 65.2 Å². The molecule has 2 heterocycles. The molecule has 7 heteroatoms. The lowest BCUT2D eigenvalue weighted by atomic mass is 10.2. The number of hydrogen-bond donors (Lipinski definition) is 1. The van der Waals surface area contributed by atoms with Crippen molar-refractivity contribution < 1.29 is 4.79 Å². The summed E-state index contributed by atoms with van der Waals surface area (Å²) < 4.78 is 3.38. The maximum atomic E-state index is 12.2. The van der Waals surface area contributed by atoms with Crippen molar-refractivity contribution >= 4 is 23.2 Å². The predicted octanol–water partition coefficient (Wildman–Crippen LogP) is 3.05. The summed E-state index contributed by atoms with van der Waals surface area (Å²) in [7, 11) is 0. The molecule has 3 rings (SSSR count). The summed E-state index contributed by atoms with van der Waals surface area (Å²) in [5, 5.41) is 11.5. The molecule has 6 nitrogen and oxygen atoms in total. The molecule has 118 valence electrons. The second-order valence-corrected chi connectivity index (χ2v) is 5.45. The Labute approximate surface area is 138 Å². The highest BCUT2D eigenvalue weighted by Crippen LogP contribution is 2.16. The zero-order valence-corrected chi connectivity index (χ0v) is 13.4. The number of amides is 1. The molecule has 0 saturated heterocycles. The molecule has 3 aromatic rings. The highest BCUT2D eigenvalue weighted by Gasteiger charge is 2.16. The largest absolute Gasteiger partial charge is 0.318 e. The van der Waals surface area contributed by atoms with Gasteiger partial charge in [0.2, 0.25) is 0 Å². The molecule has 0 saturated carbocycles. The minimum Gasteiger partial charge on any atom is -0.318 e.